The van der Waals surface area contributed by atoms with E-state index in [1.807, 2.05) is 13.8 Å². The maximum absolute atomic E-state index is 9.57. The zero-order valence-corrected chi connectivity index (χ0v) is 10.1. The van der Waals surface area contributed by atoms with Crippen LogP contribution in [0.25, 0.3) is 0 Å². The van der Waals surface area contributed by atoms with Crippen LogP contribution < -0.4 is 5.32 Å². The number of rotatable bonds is 7. The van der Waals surface area contributed by atoms with Gasteiger partial charge in [0.2, 0.25) is 0 Å². The van der Waals surface area contributed by atoms with Crippen molar-refractivity contribution in [3.05, 3.63) is 0 Å². The molecule has 0 aromatic rings. The first-order chi connectivity index (χ1) is 7.68. The highest BCUT2D eigenvalue weighted by molar-refractivity contribution is 4.66. The lowest BCUT2D eigenvalue weighted by atomic mass is 10.3. The van der Waals surface area contributed by atoms with Crippen LogP contribution in [0.5, 0.6) is 0 Å². The van der Waals surface area contributed by atoms with Crippen LogP contribution in [0.15, 0.2) is 0 Å². The average Bonchev–Trinajstić information content (AvgIpc) is 2.28. The minimum atomic E-state index is -0.466. The lowest BCUT2D eigenvalue weighted by molar-refractivity contribution is -0.0872. The number of aliphatic hydroxyl groups excluding tert-OH is 1. The van der Waals surface area contributed by atoms with Gasteiger partial charge >= 0.3 is 0 Å². The monoisotopic (exact) mass is 233 g/mol. The molecule has 0 bridgehead atoms. The van der Waals surface area contributed by atoms with Crippen LogP contribution in [0.4, 0.5) is 0 Å². The molecule has 0 aromatic carbocycles. The summed E-state index contributed by atoms with van der Waals surface area (Å²) < 4.78 is 16.0. The normalized spacial score (nSPS) is 23.6. The fourth-order valence-corrected chi connectivity index (χ4v) is 1.43. The third-order valence-electron chi connectivity index (χ3n) is 2.26. The van der Waals surface area contributed by atoms with E-state index in [9.17, 15) is 5.11 Å². The predicted octanol–water partition coefficient (Wildman–Crippen LogP) is -0.223. The molecule has 1 rings (SSSR count). The quantitative estimate of drug-likeness (QED) is 0.636. The SMILES string of the molecule is CC(C)OCC(O)CNCC1COCCO1. The molecule has 2 N–H and O–H groups in total. The zero-order valence-electron chi connectivity index (χ0n) is 10.1. The molecule has 1 saturated heterocycles. The second-order valence-electron chi connectivity index (χ2n) is 4.26. The van der Waals surface area contributed by atoms with Gasteiger partial charge in [0.05, 0.1) is 44.7 Å². The van der Waals surface area contributed by atoms with E-state index in [0.29, 0.717) is 39.5 Å². The summed E-state index contributed by atoms with van der Waals surface area (Å²) in [5.74, 6) is 0. The maximum atomic E-state index is 9.57. The van der Waals surface area contributed by atoms with Gasteiger partial charge < -0.3 is 24.6 Å². The molecule has 0 aromatic heterocycles. The third kappa shape index (κ3) is 6.40. The summed E-state index contributed by atoms with van der Waals surface area (Å²) in [6.07, 6.45) is -0.205. The summed E-state index contributed by atoms with van der Waals surface area (Å²) in [6.45, 7) is 7.47. The van der Waals surface area contributed by atoms with Gasteiger partial charge in [-0.05, 0) is 13.8 Å². The van der Waals surface area contributed by atoms with Gasteiger partial charge in [-0.15, -0.1) is 0 Å². The number of ether oxygens (including phenoxy) is 3. The summed E-state index contributed by atoms with van der Waals surface area (Å²) in [4.78, 5) is 0. The molecule has 96 valence electrons. The summed E-state index contributed by atoms with van der Waals surface area (Å²) >= 11 is 0. The van der Waals surface area contributed by atoms with E-state index >= 15 is 0 Å². The lowest BCUT2D eigenvalue weighted by Gasteiger charge is -2.23. The van der Waals surface area contributed by atoms with E-state index in [1.54, 1.807) is 0 Å². The van der Waals surface area contributed by atoms with E-state index in [2.05, 4.69) is 5.32 Å². The average molecular weight is 233 g/mol. The van der Waals surface area contributed by atoms with E-state index in [4.69, 9.17) is 14.2 Å². The van der Waals surface area contributed by atoms with Crippen molar-refractivity contribution in [3.63, 3.8) is 0 Å². The fraction of sp³-hybridized carbons (Fsp3) is 1.00. The first-order valence-electron chi connectivity index (χ1n) is 5.88. The smallest absolute Gasteiger partial charge is 0.0933 e. The Hall–Kier alpha value is -0.200. The van der Waals surface area contributed by atoms with Crippen molar-refractivity contribution < 1.29 is 19.3 Å². The van der Waals surface area contributed by atoms with Crippen LogP contribution in [0.1, 0.15) is 13.8 Å². The molecule has 2 atom stereocenters. The highest BCUT2D eigenvalue weighted by Gasteiger charge is 2.14. The molecule has 2 unspecified atom stereocenters. The van der Waals surface area contributed by atoms with Gasteiger partial charge in [-0.1, -0.05) is 0 Å². The van der Waals surface area contributed by atoms with Gasteiger partial charge in [0.15, 0.2) is 0 Å². The molecule has 1 heterocycles. The van der Waals surface area contributed by atoms with Crippen molar-refractivity contribution in [1.82, 2.24) is 5.32 Å². The predicted molar refractivity (Wildman–Crippen MR) is 60.5 cm³/mol. The van der Waals surface area contributed by atoms with Crippen molar-refractivity contribution in [2.75, 3.05) is 39.5 Å². The summed E-state index contributed by atoms with van der Waals surface area (Å²) in [5, 5.41) is 12.7. The highest BCUT2D eigenvalue weighted by atomic mass is 16.6. The third-order valence-corrected chi connectivity index (χ3v) is 2.26. The van der Waals surface area contributed by atoms with Gasteiger partial charge in [-0.3, -0.25) is 0 Å². The van der Waals surface area contributed by atoms with Crippen molar-refractivity contribution in [3.8, 4) is 0 Å². The topological polar surface area (TPSA) is 60.0 Å². The van der Waals surface area contributed by atoms with Gasteiger partial charge in [0, 0.05) is 13.1 Å². The molecule has 0 saturated carbocycles. The number of aliphatic hydroxyl groups is 1. The minimum Gasteiger partial charge on any atom is -0.389 e. The van der Waals surface area contributed by atoms with E-state index in [-0.39, 0.29) is 12.2 Å². The number of hydrogen-bond donors (Lipinski definition) is 2. The Balaban J connectivity index is 1.96. The van der Waals surface area contributed by atoms with Crippen molar-refractivity contribution >= 4 is 0 Å². The summed E-state index contributed by atoms with van der Waals surface area (Å²) in [5.41, 5.74) is 0. The first kappa shape index (κ1) is 13.9. The van der Waals surface area contributed by atoms with Crippen molar-refractivity contribution in [2.24, 2.45) is 0 Å². The van der Waals surface area contributed by atoms with Gasteiger partial charge in [0.1, 0.15) is 0 Å². The van der Waals surface area contributed by atoms with Gasteiger partial charge in [-0.25, -0.2) is 0 Å². The Morgan fingerprint density at radius 1 is 1.44 bits per heavy atom. The molecule has 5 heteroatoms. The Bertz CT molecular complexity index is 171. The molecule has 0 aliphatic carbocycles. The second kappa shape index (κ2) is 7.97. The lowest BCUT2D eigenvalue weighted by Crippen LogP contribution is -2.40. The molecule has 1 aliphatic heterocycles. The maximum Gasteiger partial charge on any atom is 0.0933 e. The molecule has 16 heavy (non-hydrogen) atoms. The van der Waals surface area contributed by atoms with Gasteiger partial charge in [0.25, 0.3) is 0 Å². The molecule has 0 amide bonds. The van der Waals surface area contributed by atoms with Gasteiger partial charge in [-0.2, -0.15) is 0 Å². The van der Waals surface area contributed by atoms with E-state index < -0.39 is 6.10 Å². The molecule has 5 nitrogen and oxygen atoms in total. The largest absolute Gasteiger partial charge is 0.389 e. The van der Waals surface area contributed by atoms with Crippen LogP contribution >= 0.6 is 0 Å². The zero-order chi connectivity index (χ0) is 11.8. The number of hydrogen-bond acceptors (Lipinski definition) is 5. The molecule has 1 fully saturated rings. The van der Waals surface area contributed by atoms with Crippen LogP contribution in [-0.4, -0.2) is 62.9 Å². The number of nitrogens with one attached hydrogen (secondary N) is 1. The first-order valence-corrected chi connectivity index (χ1v) is 5.88. The molecular formula is C11H23NO4. The Kier molecular flexibility index (Phi) is 6.91. The Morgan fingerprint density at radius 3 is 2.88 bits per heavy atom. The highest BCUT2D eigenvalue weighted by Crippen LogP contribution is 1.99. The van der Waals surface area contributed by atoms with Crippen LogP contribution in [0, 0.1) is 0 Å². The standard InChI is InChI=1S/C11H23NO4/c1-9(2)16-7-10(13)5-12-6-11-8-14-3-4-15-11/h9-13H,3-8H2,1-2H3. The van der Waals surface area contributed by atoms with E-state index in [0.717, 1.165) is 0 Å². The molecule has 1 aliphatic rings. The van der Waals surface area contributed by atoms with Crippen molar-refractivity contribution in [2.45, 2.75) is 32.2 Å². The van der Waals surface area contributed by atoms with Crippen LogP contribution in [0.3, 0.4) is 0 Å². The fourth-order valence-electron chi connectivity index (χ4n) is 1.43. The Labute approximate surface area is 97.1 Å². The molecule has 0 spiro atoms. The molecular weight excluding hydrogens is 210 g/mol. The minimum absolute atomic E-state index is 0.104. The van der Waals surface area contributed by atoms with Crippen LogP contribution in [0.2, 0.25) is 0 Å². The summed E-state index contributed by atoms with van der Waals surface area (Å²) in [6, 6.07) is 0. The Morgan fingerprint density at radius 2 is 2.25 bits per heavy atom. The summed E-state index contributed by atoms with van der Waals surface area (Å²) in [7, 11) is 0. The second-order valence-corrected chi connectivity index (χ2v) is 4.26. The van der Waals surface area contributed by atoms with Crippen molar-refractivity contribution in [1.29, 1.82) is 0 Å². The van der Waals surface area contributed by atoms with E-state index in [1.165, 1.54) is 0 Å². The molecule has 0 radical (unpaired) electrons. The van der Waals surface area contributed by atoms with Crippen LogP contribution in [-0.2, 0) is 14.2 Å².